The molecule has 1 unspecified atom stereocenters. The van der Waals surface area contributed by atoms with Gasteiger partial charge in [-0.3, -0.25) is 19.3 Å². The Kier molecular flexibility index (Phi) is 5.38. The van der Waals surface area contributed by atoms with Gasteiger partial charge >= 0.3 is 6.03 Å². The molecule has 1 aromatic carbocycles. The van der Waals surface area contributed by atoms with E-state index in [1.165, 1.54) is 11.9 Å². The van der Waals surface area contributed by atoms with Crippen LogP contribution in [0.1, 0.15) is 44.7 Å². The second-order valence-corrected chi connectivity index (χ2v) is 8.79. The zero-order valence-electron chi connectivity index (χ0n) is 17.4. The van der Waals surface area contributed by atoms with Gasteiger partial charge in [-0.25, -0.2) is 4.79 Å². The van der Waals surface area contributed by atoms with E-state index in [0.29, 0.717) is 6.42 Å². The smallest absolute Gasteiger partial charge is 0.325 e. The Hall–Kier alpha value is -2.90. The fraction of sp³-hybridized carbons (Fsp3) is 0.524. The van der Waals surface area contributed by atoms with Crippen molar-refractivity contribution in [2.45, 2.75) is 51.1 Å². The molecular weight excluding hydrogens is 372 g/mol. The van der Waals surface area contributed by atoms with Crippen LogP contribution in [0.15, 0.2) is 24.3 Å². The molecule has 1 heterocycles. The van der Waals surface area contributed by atoms with Gasteiger partial charge in [-0.1, -0.05) is 24.3 Å². The van der Waals surface area contributed by atoms with Gasteiger partial charge in [0.15, 0.2) is 0 Å². The van der Waals surface area contributed by atoms with Gasteiger partial charge in [-0.2, -0.15) is 0 Å². The monoisotopic (exact) mass is 400 g/mol. The van der Waals surface area contributed by atoms with Crippen LogP contribution in [0.25, 0.3) is 0 Å². The lowest BCUT2D eigenvalue weighted by Gasteiger charge is -2.33. The summed E-state index contributed by atoms with van der Waals surface area (Å²) in [6.07, 6.45) is 2.13. The Morgan fingerprint density at radius 3 is 2.62 bits per heavy atom. The number of aryl methyl sites for hydroxylation is 1. The van der Waals surface area contributed by atoms with Gasteiger partial charge in [-0.05, 0) is 51.2 Å². The standard InChI is InChI=1S/C21H28N4O4/c1-20(2,3)22-16(26)12-24(4)17(27)13-25-18(28)21(23-19(25)29)11-7-9-14-8-5-6-10-15(14)21/h5-6,8,10H,7,9,11-13H2,1-4H3,(H,22,26)(H,23,29). The Morgan fingerprint density at radius 2 is 1.93 bits per heavy atom. The zero-order chi connectivity index (χ0) is 21.4. The van der Waals surface area contributed by atoms with E-state index in [2.05, 4.69) is 10.6 Å². The molecule has 2 aliphatic rings. The normalized spacial score (nSPS) is 21.0. The SMILES string of the molecule is CN(CC(=O)NC(C)(C)C)C(=O)CN1C(=O)NC2(CCCc3ccccc32)C1=O. The molecule has 1 aliphatic heterocycles. The predicted molar refractivity (Wildman–Crippen MR) is 107 cm³/mol. The number of urea groups is 1. The van der Waals surface area contributed by atoms with Crippen molar-refractivity contribution in [3.8, 4) is 0 Å². The molecule has 1 spiro atoms. The van der Waals surface area contributed by atoms with Crippen molar-refractivity contribution in [1.29, 1.82) is 0 Å². The highest BCUT2D eigenvalue weighted by atomic mass is 16.2. The third-order valence-corrected chi connectivity index (χ3v) is 5.27. The predicted octanol–water partition coefficient (Wildman–Crippen LogP) is 1.14. The van der Waals surface area contributed by atoms with Gasteiger partial charge in [0.25, 0.3) is 5.91 Å². The molecule has 0 bridgehead atoms. The van der Waals surface area contributed by atoms with Crippen molar-refractivity contribution in [3.63, 3.8) is 0 Å². The summed E-state index contributed by atoms with van der Waals surface area (Å²) < 4.78 is 0. The van der Waals surface area contributed by atoms with E-state index in [0.717, 1.165) is 28.9 Å². The third kappa shape index (κ3) is 4.11. The van der Waals surface area contributed by atoms with E-state index in [1.54, 1.807) is 0 Å². The van der Waals surface area contributed by atoms with Gasteiger partial charge in [0.05, 0.1) is 6.54 Å². The minimum Gasteiger partial charge on any atom is -0.350 e. The summed E-state index contributed by atoms with van der Waals surface area (Å²) in [4.78, 5) is 52.6. The molecule has 156 valence electrons. The molecule has 29 heavy (non-hydrogen) atoms. The van der Waals surface area contributed by atoms with Gasteiger partial charge in [-0.15, -0.1) is 0 Å². The molecule has 0 saturated carbocycles. The van der Waals surface area contributed by atoms with Crippen LogP contribution >= 0.6 is 0 Å². The molecule has 8 heteroatoms. The molecule has 1 atom stereocenters. The summed E-state index contributed by atoms with van der Waals surface area (Å²) in [6.45, 7) is 5.01. The first-order valence-corrected chi connectivity index (χ1v) is 9.81. The molecule has 3 rings (SSSR count). The van der Waals surface area contributed by atoms with Crippen LogP contribution in [0, 0.1) is 0 Å². The average Bonchev–Trinajstić information content (AvgIpc) is 2.85. The molecule has 1 saturated heterocycles. The van der Waals surface area contributed by atoms with Gasteiger partial charge in [0.2, 0.25) is 11.8 Å². The molecule has 0 aromatic heterocycles. The summed E-state index contributed by atoms with van der Waals surface area (Å²) in [6, 6.07) is 7.01. The lowest BCUT2D eigenvalue weighted by Crippen LogP contribution is -2.49. The van der Waals surface area contributed by atoms with E-state index in [-0.39, 0.29) is 12.5 Å². The zero-order valence-corrected chi connectivity index (χ0v) is 17.4. The van der Waals surface area contributed by atoms with E-state index in [4.69, 9.17) is 0 Å². The van der Waals surface area contributed by atoms with Gasteiger partial charge in [0.1, 0.15) is 12.1 Å². The quantitative estimate of drug-likeness (QED) is 0.741. The average molecular weight is 400 g/mol. The first-order chi connectivity index (χ1) is 13.5. The van der Waals surface area contributed by atoms with Crippen LogP contribution in [-0.4, -0.2) is 59.2 Å². The van der Waals surface area contributed by atoms with Crippen molar-refractivity contribution in [2.24, 2.45) is 0 Å². The lowest BCUT2D eigenvalue weighted by atomic mass is 9.76. The fourth-order valence-electron chi connectivity index (χ4n) is 3.97. The second-order valence-electron chi connectivity index (χ2n) is 8.79. The number of nitrogens with zero attached hydrogens (tertiary/aromatic N) is 2. The number of hydrogen-bond donors (Lipinski definition) is 2. The van der Waals surface area contributed by atoms with Gasteiger partial charge < -0.3 is 15.5 Å². The molecule has 2 N–H and O–H groups in total. The number of nitrogens with one attached hydrogen (secondary N) is 2. The summed E-state index contributed by atoms with van der Waals surface area (Å²) in [5.74, 6) is -1.18. The Bertz CT molecular complexity index is 860. The van der Waals surface area contributed by atoms with Crippen molar-refractivity contribution < 1.29 is 19.2 Å². The number of fused-ring (bicyclic) bond motifs is 2. The first-order valence-electron chi connectivity index (χ1n) is 9.81. The Balaban J connectivity index is 1.71. The maximum atomic E-state index is 13.2. The molecule has 0 radical (unpaired) electrons. The summed E-state index contributed by atoms with van der Waals surface area (Å²) >= 11 is 0. The number of imide groups is 1. The molecule has 1 fully saturated rings. The number of carbonyl (C=O) groups is 4. The number of amides is 5. The van der Waals surface area contributed by atoms with Crippen LogP contribution in [0.3, 0.4) is 0 Å². The molecule has 1 aliphatic carbocycles. The largest absolute Gasteiger partial charge is 0.350 e. The van der Waals surface area contributed by atoms with E-state index < -0.39 is 35.5 Å². The number of likely N-dealkylation sites (N-methyl/N-ethyl adjacent to an activating group) is 1. The molecule has 1 aromatic rings. The summed E-state index contributed by atoms with van der Waals surface area (Å²) in [5, 5.41) is 5.61. The van der Waals surface area contributed by atoms with Crippen LogP contribution in [0.5, 0.6) is 0 Å². The van der Waals surface area contributed by atoms with Gasteiger partial charge in [0, 0.05) is 12.6 Å². The molecule has 8 nitrogen and oxygen atoms in total. The number of rotatable bonds is 4. The highest BCUT2D eigenvalue weighted by Gasteiger charge is 2.54. The fourth-order valence-corrected chi connectivity index (χ4v) is 3.97. The maximum Gasteiger partial charge on any atom is 0.325 e. The number of carbonyl (C=O) groups excluding carboxylic acids is 4. The van der Waals surface area contributed by atoms with Crippen molar-refractivity contribution >= 4 is 23.8 Å². The number of benzene rings is 1. The minimum atomic E-state index is -1.10. The Morgan fingerprint density at radius 1 is 1.24 bits per heavy atom. The Labute approximate surface area is 170 Å². The lowest BCUT2D eigenvalue weighted by molar-refractivity contribution is -0.140. The molecular formula is C21H28N4O4. The van der Waals surface area contributed by atoms with Crippen LogP contribution in [-0.2, 0) is 26.3 Å². The van der Waals surface area contributed by atoms with Crippen LogP contribution in [0.2, 0.25) is 0 Å². The second kappa shape index (κ2) is 7.50. The summed E-state index contributed by atoms with van der Waals surface area (Å²) in [5.41, 5.74) is 0.329. The summed E-state index contributed by atoms with van der Waals surface area (Å²) in [7, 11) is 1.48. The highest BCUT2D eigenvalue weighted by molar-refractivity contribution is 6.09. The van der Waals surface area contributed by atoms with E-state index >= 15 is 0 Å². The maximum absolute atomic E-state index is 13.2. The minimum absolute atomic E-state index is 0.145. The van der Waals surface area contributed by atoms with E-state index in [9.17, 15) is 19.2 Å². The van der Waals surface area contributed by atoms with E-state index in [1.807, 2.05) is 45.0 Å². The van der Waals surface area contributed by atoms with Crippen molar-refractivity contribution in [2.75, 3.05) is 20.1 Å². The first kappa shape index (κ1) is 20.8. The third-order valence-electron chi connectivity index (χ3n) is 5.27. The van der Waals surface area contributed by atoms with Crippen molar-refractivity contribution in [1.82, 2.24) is 20.4 Å². The van der Waals surface area contributed by atoms with Crippen LogP contribution in [0.4, 0.5) is 4.79 Å². The van der Waals surface area contributed by atoms with Crippen molar-refractivity contribution in [3.05, 3.63) is 35.4 Å². The number of hydrogen-bond acceptors (Lipinski definition) is 4. The highest BCUT2D eigenvalue weighted by Crippen LogP contribution is 2.39. The molecule has 5 amide bonds. The topological polar surface area (TPSA) is 98.8 Å². The van der Waals surface area contributed by atoms with Crippen LogP contribution < -0.4 is 10.6 Å².